The fourth-order valence-electron chi connectivity index (χ4n) is 1.91. The van der Waals surface area contributed by atoms with Gasteiger partial charge in [0, 0.05) is 0 Å². The van der Waals surface area contributed by atoms with E-state index in [1.54, 1.807) is 26.0 Å². The van der Waals surface area contributed by atoms with Gasteiger partial charge in [0.25, 0.3) is 10.1 Å². The molecule has 2 rings (SSSR count). The molecule has 1 aliphatic heterocycles. The van der Waals surface area contributed by atoms with Crippen molar-refractivity contribution in [2.45, 2.75) is 31.3 Å². The van der Waals surface area contributed by atoms with Gasteiger partial charge in [-0.3, -0.25) is 8.75 Å². The molecular formula is C12H16ClO6PS. The summed E-state index contributed by atoms with van der Waals surface area (Å²) in [6.07, 6.45) is -0.331. The average Bonchev–Trinajstić information content (AvgIpc) is 2.36. The third-order valence-electron chi connectivity index (χ3n) is 2.93. The number of rotatable bonds is 4. The van der Waals surface area contributed by atoms with E-state index in [4.69, 9.17) is 24.8 Å². The van der Waals surface area contributed by atoms with Crippen molar-refractivity contribution < 1.29 is 26.2 Å². The summed E-state index contributed by atoms with van der Waals surface area (Å²) < 4.78 is 51.7. The van der Waals surface area contributed by atoms with Crippen molar-refractivity contribution in [2.75, 3.05) is 13.0 Å². The Morgan fingerprint density at radius 2 is 2.19 bits per heavy atom. The topological polar surface area (TPSA) is 78.9 Å². The molecule has 1 aliphatic rings. The first kappa shape index (κ1) is 16.9. The molecule has 0 saturated carbocycles. The number of hydrogen-bond donors (Lipinski definition) is 0. The van der Waals surface area contributed by atoms with Crippen molar-refractivity contribution in [2.24, 2.45) is 0 Å². The molecular weight excluding hydrogens is 339 g/mol. The Kier molecular flexibility index (Phi) is 5.13. The van der Waals surface area contributed by atoms with Crippen LogP contribution in [-0.2, 0) is 27.9 Å². The average molecular weight is 355 g/mol. The largest absolute Gasteiger partial charge is 0.357 e. The molecule has 9 heteroatoms. The van der Waals surface area contributed by atoms with Crippen LogP contribution in [0.5, 0.6) is 0 Å². The number of aryl methyl sites for hydroxylation is 1. The van der Waals surface area contributed by atoms with E-state index >= 15 is 0 Å². The highest BCUT2D eigenvalue weighted by Crippen LogP contribution is 2.52. The fraction of sp³-hybridized carbons (Fsp3) is 0.500. The molecule has 0 spiro atoms. The molecule has 1 aromatic rings. The van der Waals surface area contributed by atoms with Crippen LogP contribution >= 0.6 is 19.2 Å². The Bertz CT molecular complexity index is 654. The van der Waals surface area contributed by atoms with Gasteiger partial charge in [0.1, 0.15) is 4.90 Å². The molecule has 0 N–H and O–H groups in total. The van der Waals surface area contributed by atoms with Crippen LogP contribution in [0.1, 0.15) is 18.9 Å². The van der Waals surface area contributed by atoms with Crippen molar-refractivity contribution in [3.8, 4) is 0 Å². The van der Waals surface area contributed by atoms with E-state index in [9.17, 15) is 13.0 Å². The van der Waals surface area contributed by atoms with E-state index in [0.29, 0.717) is 12.0 Å². The molecule has 0 aliphatic carbocycles. The van der Waals surface area contributed by atoms with Crippen molar-refractivity contribution in [1.29, 1.82) is 0 Å². The third-order valence-corrected chi connectivity index (χ3v) is 6.71. The van der Waals surface area contributed by atoms with Gasteiger partial charge in [-0.1, -0.05) is 23.7 Å². The molecule has 0 radical (unpaired) electrons. The van der Waals surface area contributed by atoms with Crippen LogP contribution in [0.25, 0.3) is 0 Å². The number of halogens is 1. The smallest absolute Gasteiger partial charge is 0.307 e. The van der Waals surface area contributed by atoms with Crippen molar-refractivity contribution in [3.63, 3.8) is 0 Å². The summed E-state index contributed by atoms with van der Waals surface area (Å²) in [6.45, 7) is 3.58. The second kappa shape index (κ2) is 6.36. The summed E-state index contributed by atoms with van der Waals surface area (Å²) in [5.41, 5.74) is 0.444. The van der Waals surface area contributed by atoms with E-state index in [1.165, 1.54) is 6.07 Å². The Morgan fingerprint density at radius 3 is 2.81 bits per heavy atom. The normalized spacial score (nSPS) is 26.7. The molecule has 0 bridgehead atoms. The van der Waals surface area contributed by atoms with Crippen molar-refractivity contribution in [3.05, 3.63) is 28.8 Å². The van der Waals surface area contributed by atoms with Gasteiger partial charge in [0.05, 0.1) is 17.7 Å². The minimum atomic E-state index is -4.14. The molecule has 1 saturated heterocycles. The van der Waals surface area contributed by atoms with Gasteiger partial charge in [-0.2, -0.15) is 8.42 Å². The fourth-order valence-corrected chi connectivity index (χ4v) is 5.61. The van der Waals surface area contributed by atoms with Crippen LogP contribution in [0.4, 0.5) is 0 Å². The van der Waals surface area contributed by atoms with Gasteiger partial charge in [-0.25, -0.2) is 0 Å². The molecule has 6 nitrogen and oxygen atoms in total. The molecule has 118 valence electrons. The zero-order chi connectivity index (χ0) is 15.7. The number of benzene rings is 1. The number of hydrogen-bond acceptors (Lipinski definition) is 6. The summed E-state index contributed by atoms with van der Waals surface area (Å²) in [7, 11) is -7.70. The minimum absolute atomic E-state index is 0.0483. The van der Waals surface area contributed by atoms with Crippen LogP contribution in [0.3, 0.4) is 0 Å². The molecule has 2 atom stereocenters. The highest BCUT2D eigenvalue weighted by Gasteiger charge is 2.35. The first-order valence-electron chi connectivity index (χ1n) is 6.30. The molecule has 0 amide bonds. The summed E-state index contributed by atoms with van der Waals surface area (Å²) in [4.78, 5) is -0.136. The molecule has 2 unspecified atom stereocenters. The summed E-state index contributed by atoms with van der Waals surface area (Å²) in [6, 6.07) is 4.68. The lowest BCUT2D eigenvalue weighted by Gasteiger charge is -2.27. The lowest BCUT2D eigenvalue weighted by molar-refractivity contribution is 0.0834. The monoisotopic (exact) mass is 354 g/mol. The second-order valence-electron chi connectivity index (χ2n) is 4.74. The third kappa shape index (κ3) is 4.06. The quantitative estimate of drug-likeness (QED) is 0.609. The summed E-state index contributed by atoms with van der Waals surface area (Å²) in [5, 5.41) is 0.0483. The zero-order valence-corrected chi connectivity index (χ0v) is 14.1. The first-order chi connectivity index (χ1) is 9.73. The van der Waals surface area contributed by atoms with Gasteiger partial charge < -0.3 is 9.05 Å². The SMILES string of the molecule is Cc1cccc(Cl)c1S(=O)(=O)OCP1(=O)OCCC(C)O1. The standard InChI is InChI=1S/C12H16ClO6PS/c1-9-4-3-5-11(13)12(9)21(15,16)18-8-20(14)17-7-6-10(2)19-20/h3-5,10H,6-8H2,1-2H3. The van der Waals surface area contributed by atoms with Crippen LogP contribution in [0.2, 0.25) is 5.02 Å². The van der Waals surface area contributed by atoms with Crippen LogP contribution in [0.15, 0.2) is 23.1 Å². The molecule has 1 heterocycles. The molecule has 21 heavy (non-hydrogen) atoms. The van der Waals surface area contributed by atoms with Crippen LogP contribution < -0.4 is 0 Å². The Balaban J connectivity index is 2.17. The lowest BCUT2D eigenvalue weighted by Crippen LogP contribution is -2.20. The Morgan fingerprint density at radius 1 is 1.48 bits per heavy atom. The maximum absolute atomic E-state index is 12.2. The lowest BCUT2D eigenvalue weighted by atomic mass is 10.2. The predicted octanol–water partition coefficient (Wildman–Crippen LogP) is 3.33. The highest BCUT2D eigenvalue weighted by molar-refractivity contribution is 7.87. The Labute approximate surface area is 129 Å². The van der Waals surface area contributed by atoms with Crippen molar-refractivity contribution in [1.82, 2.24) is 0 Å². The van der Waals surface area contributed by atoms with E-state index < -0.39 is 24.1 Å². The minimum Gasteiger partial charge on any atom is -0.307 e. The molecule has 1 aromatic carbocycles. The molecule has 0 aromatic heterocycles. The van der Waals surface area contributed by atoms with Gasteiger partial charge in [0.15, 0.2) is 6.35 Å². The van der Waals surface area contributed by atoms with E-state index in [0.717, 1.165) is 0 Å². The second-order valence-corrected chi connectivity index (χ2v) is 8.64. The van der Waals surface area contributed by atoms with Gasteiger partial charge in [-0.15, -0.1) is 0 Å². The molecule has 1 fully saturated rings. The summed E-state index contributed by atoms with van der Waals surface area (Å²) >= 11 is 5.90. The van der Waals surface area contributed by atoms with Crippen molar-refractivity contribution >= 4 is 29.3 Å². The van der Waals surface area contributed by atoms with Crippen LogP contribution in [0, 0.1) is 6.92 Å². The highest BCUT2D eigenvalue weighted by atomic mass is 35.5. The van der Waals surface area contributed by atoms with E-state index in [2.05, 4.69) is 0 Å². The van der Waals surface area contributed by atoms with E-state index in [-0.39, 0.29) is 22.6 Å². The van der Waals surface area contributed by atoms with Gasteiger partial charge in [-0.05, 0) is 31.9 Å². The maximum atomic E-state index is 12.2. The predicted molar refractivity (Wildman–Crippen MR) is 78.0 cm³/mol. The zero-order valence-electron chi connectivity index (χ0n) is 11.6. The van der Waals surface area contributed by atoms with Gasteiger partial charge in [0.2, 0.25) is 0 Å². The first-order valence-corrected chi connectivity index (χ1v) is 9.81. The van der Waals surface area contributed by atoms with Gasteiger partial charge >= 0.3 is 7.60 Å². The summed E-state index contributed by atoms with van der Waals surface area (Å²) in [5.74, 6) is 0. The van der Waals surface area contributed by atoms with Crippen LogP contribution in [-0.4, -0.2) is 27.5 Å². The maximum Gasteiger partial charge on any atom is 0.357 e. The van der Waals surface area contributed by atoms with E-state index in [1.807, 2.05) is 0 Å². The Hall–Kier alpha value is -0.430.